The van der Waals surface area contributed by atoms with Crippen LogP contribution in [0.1, 0.15) is 85.5 Å². The molecule has 12 atom stereocenters. The van der Waals surface area contributed by atoms with Crippen LogP contribution in [-0.2, 0) is 23.7 Å². The summed E-state index contributed by atoms with van der Waals surface area (Å²) in [4.78, 5) is 13.3. The average molecular weight is 629 g/mol. The Hall–Kier alpha value is -1.97. The molecule has 4 fully saturated rings. The zero-order valence-electron chi connectivity index (χ0n) is 28.1. The molecule has 8 heteroatoms. The lowest BCUT2D eigenvalue weighted by atomic mass is 9.50. The summed E-state index contributed by atoms with van der Waals surface area (Å²) in [6.07, 6.45) is 15.4. The Kier molecular flexibility index (Phi) is 10.7. The molecule has 5 aliphatic rings. The zero-order valence-corrected chi connectivity index (χ0v) is 28.1. The molecule has 1 saturated heterocycles. The maximum atomic E-state index is 13.3. The predicted molar refractivity (Wildman–Crippen MR) is 172 cm³/mol. The van der Waals surface area contributed by atoms with Gasteiger partial charge in [-0.05, 0) is 118 Å². The van der Waals surface area contributed by atoms with Crippen LogP contribution in [-0.4, -0.2) is 72.6 Å². The van der Waals surface area contributed by atoms with Crippen molar-refractivity contribution in [3.8, 4) is 0 Å². The molecule has 252 valence electrons. The fraction of sp³-hybridized carbons (Fsp3) is 0.757. The average Bonchev–Trinajstić information content (AvgIpc) is 3.24. The molecule has 1 aliphatic heterocycles. The number of carbonyl (C=O) groups is 1. The van der Waals surface area contributed by atoms with E-state index in [1.165, 1.54) is 5.57 Å². The summed E-state index contributed by atoms with van der Waals surface area (Å²) in [6, 6.07) is 0. The van der Waals surface area contributed by atoms with Crippen LogP contribution in [0.3, 0.4) is 0 Å². The van der Waals surface area contributed by atoms with Gasteiger partial charge in [0, 0.05) is 12.3 Å². The Morgan fingerprint density at radius 3 is 2.51 bits per heavy atom. The molecule has 0 aromatic carbocycles. The van der Waals surface area contributed by atoms with Crippen molar-refractivity contribution < 1.29 is 39.1 Å². The summed E-state index contributed by atoms with van der Waals surface area (Å²) in [5, 5.41) is 30.0. The van der Waals surface area contributed by atoms with E-state index < -0.39 is 24.6 Å². The third kappa shape index (κ3) is 6.73. The fourth-order valence-corrected chi connectivity index (χ4v) is 10.1. The van der Waals surface area contributed by atoms with Crippen LogP contribution in [0.15, 0.2) is 47.5 Å². The lowest BCUT2D eigenvalue weighted by Gasteiger charge is -2.55. The van der Waals surface area contributed by atoms with Crippen LogP contribution in [0, 0.1) is 40.4 Å². The van der Waals surface area contributed by atoms with Gasteiger partial charge in [0.15, 0.2) is 6.29 Å². The van der Waals surface area contributed by atoms with Crippen LogP contribution in [0.4, 0.5) is 0 Å². The number of methoxy groups -OCH3 is 2. The van der Waals surface area contributed by atoms with E-state index in [4.69, 9.17) is 18.9 Å². The first-order valence-electron chi connectivity index (χ1n) is 17.1. The Labute approximate surface area is 269 Å². The van der Waals surface area contributed by atoms with Gasteiger partial charge in [0.25, 0.3) is 0 Å². The molecule has 12 unspecified atom stereocenters. The minimum absolute atomic E-state index is 0.00814. The van der Waals surface area contributed by atoms with Gasteiger partial charge in [-0.2, -0.15) is 0 Å². The number of hydrogen-bond acceptors (Lipinski definition) is 8. The SMILES string of the molecule is CO/C(C)=C/C=C(\C=C\C1CC2C3CCC=C4CC(OC5CC(O)C(O)C(CO)O5)CCC4(C)C3CCC2(C)C1C(C)=O)OC. The zero-order chi connectivity index (χ0) is 32.5. The lowest BCUT2D eigenvalue weighted by molar-refractivity contribution is -0.271. The third-order valence-electron chi connectivity index (χ3n) is 12.5. The van der Waals surface area contributed by atoms with E-state index in [1.807, 2.05) is 25.2 Å². The highest BCUT2D eigenvalue weighted by Crippen LogP contribution is 2.67. The van der Waals surface area contributed by atoms with Gasteiger partial charge >= 0.3 is 0 Å². The normalized spacial score (nSPS) is 44.0. The number of aliphatic hydroxyl groups excluding tert-OH is 3. The second kappa shape index (κ2) is 14.0. The van der Waals surface area contributed by atoms with E-state index in [9.17, 15) is 20.1 Å². The first-order valence-corrected chi connectivity index (χ1v) is 17.1. The molecule has 0 radical (unpaired) electrons. The van der Waals surface area contributed by atoms with Gasteiger partial charge in [-0.15, -0.1) is 0 Å². The fourth-order valence-electron chi connectivity index (χ4n) is 10.1. The second-order valence-electron chi connectivity index (χ2n) is 14.8. The Morgan fingerprint density at radius 1 is 1.04 bits per heavy atom. The largest absolute Gasteiger partial charge is 0.501 e. The van der Waals surface area contributed by atoms with E-state index >= 15 is 0 Å². The minimum atomic E-state index is -1.10. The molecule has 0 aromatic rings. The Balaban J connectivity index is 1.31. The molecule has 4 aliphatic carbocycles. The molecular formula is C37H56O8. The highest BCUT2D eigenvalue weighted by molar-refractivity contribution is 5.80. The molecule has 0 aromatic heterocycles. The van der Waals surface area contributed by atoms with Crippen LogP contribution < -0.4 is 0 Å². The predicted octanol–water partition coefficient (Wildman–Crippen LogP) is 5.62. The number of hydrogen-bond donors (Lipinski definition) is 3. The summed E-state index contributed by atoms with van der Waals surface area (Å²) in [5.74, 6) is 3.66. The molecule has 45 heavy (non-hydrogen) atoms. The first-order chi connectivity index (χ1) is 21.4. The van der Waals surface area contributed by atoms with Crippen LogP contribution in [0.5, 0.6) is 0 Å². The molecule has 0 spiro atoms. The van der Waals surface area contributed by atoms with E-state index in [-0.39, 0.29) is 41.8 Å². The maximum Gasteiger partial charge on any atom is 0.161 e. The Morgan fingerprint density at radius 2 is 1.82 bits per heavy atom. The van der Waals surface area contributed by atoms with Crippen molar-refractivity contribution in [2.24, 2.45) is 40.4 Å². The summed E-state index contributed by atoms with van der Waals surface area (Å²) in [5.41, 5.74) is 1.56. The highest BCUT2D eigenvalue weighted by Gasteiger charge is 2.61. The van der Waals surface area contributed by atoms with Gasteiger partial charge in [-0.1, -0.05) is 31.6 Å². The summed E-state index contributed by atoms with van der Waals surface area (Å²) >= 11 is 0. The summed E-state index contributed by atoms with van der Waals surface area (Å²) in [6.45, 7) is 8.20. The van der Waals surface area contributed by atoms with E-state index in [1.54, 1.807) is 21.1 Å². The second-order valence-corrected chi connectivity index (χ2v) is 14.8. The van der Waals surface area contributed by atoms with Gasteiger partial charge in [0.2, 0.25) is 0 Å². The lowest BCUT2D eigenvalue weighted by Crippen LogP contribution is -2.52. The van der Waals surface area contributed by atoms with Crippen molar-refractivity contribution in [1.29, 1.82) is 0 Å². The molecule has 3 saturated carbocycles. The molecule has 1 heterocycles. The smallest absolute Gasteiger partial charge is 0.161 e. The molecule has 0 bridgehead atoms. The molecule has 3 N–H and O–H groups in total. The van der Waals surface area contributed by atoms with Crippen LogP contribution >= 0.6 is 0 Å². The van der Waals surface area contributed by atoms with Crippen LogP contribution in [0.2, 0.25) is 0 Å². The molecule has 8 nitrogen and oxygen atoms in total. The number of carbonyl (C=O) groups excluding carboxylic acids is 1. The number of ether oxygens (including phenoxy) is 4. The number of fused-ring (bicyclic) bond motifs is 5. The quantitative estimate of drug-likeness (QED) is 0.171. The number of aliphatic hydroxyl groups is 3. The topological polar surface area (TPSA) is 115 Å². The third-order valence-corrected chi connectivity index (χ3v) is 12.5. The van der Waals surface area contributed by atoms with E-state index in [2.05, 4.69) is 26.0 Å². The van der Waals surface area contributed by atoms with Gasteiger partial charge in [0.05, 0.1) is 38.8 Å². The van der Waals surface area contributed by atoms with Crippen molar-refractivity contribution in [2.75, 3.05) is 20.8 Å². The minimum Gasteiger partial charge on any atom is -0.501 e. The van der Waals surface area contributed by atoms with Crippen molar-refractivity contribution in [2.45, 2.75) is 116 Å². The summed E-state index contributed by atoms with van der Waals surface area (Å²) < 4.78 is 23.1. The van der Waals surface area contributed by atoms with E-state index in [0.29, 0.717) is 23.5 Å². The first kappa shape index (κ1) is 34.4. The molecule has 5 rings (SSSR count). The maximum absolute atomic E-state index is 13.3. The van der Waals surface area contributed by atoms with Gasteiger partial charge in [-0.25, -0.2) is 0 Å². The number of rotatable bonds is 9. The van der Waals surface area contributed by atoms with Gasteiger partial charge in [-0.3, -0.25) is 4.79 Å². The van der Waals surface area contributed by atoms with Crippen molar-refractivity contribution >= 4 is 5.78 Å². The number of allylic oxidation sites excluding steroid dienone is 6. The Bertz CT molecular complexity index is 1190. The monoisotopic (exact) mass is 628 g/mol. The molecule has 0 amide bonds. The van der Waals surface area contributed by atoms with Gasteiger partial charge in [0.1, 0.15) is 23.8 Å². The van der Waals surface area contributed by atoms with Crippen molar-refractivity contribution in [3.63, 3.8) is 0 Å². The van der Waals surface area contributed by atoms with Gasteiger partial charge < -0.3 is 34.3 Å². The number of Topliss-reactive ketones (excluding diaryl/α,β-unsaturated/α-hetero) is 1. The standard InChI is InChI=1S/C37H56O8/c1-22(42-5)10-12-26(43-6)13-11-24-18-30-28-9-7-8-25-19-27(44-33-20-31(40)35(41)32(21-38)45-33)14-16-36(25,3)29(28)15-17-37(30,4)34(24)23(2)39/h8,10-13,24,27-35,38,40-41H,7,9,14-21H2,1-6H3/b13-11+,22-10+,26-12+. The van der Waals surface area contributed by atoms with Crippen molar-refractivity contribution in [1.82, 2.24) is 0 Å². The highest BCUT2D eigenvalue weighted by atomic mass is 16.7. The molecular weight excluding hydrogens is 572 g/mol. The summed E-state index contributed by atoms with van der Waals surface area (Å²) in [7, 11) is 3.33. The van der Waals surface area contributed by atoms with Crippen LogP contribution in [0.25, 0.3) is 0 Å². The van der Waals surface area contributed by atoms with Crippen molar-refractivity contribution in [3.05, 3.63) is 47.5 Å². The van der Waals surface area contributed by atoms with E-state index in [0.717, 1.165) is 62.9 Å². The number of ketones is 1.